The van der Waals surface area contributed by atoms with E-state index < -0.39 is 22.4 Å². The molecule has 0 radical (unpaired) electrons. The van der Waals surface area contributed by atoms with Crippen LogP contribution >= 0.6 is 0 Å². The largest absolute Gasteiger partial charge is 0.294 e. The predicted molar refractivity (Wildman–Crippen MR) is 78.3 cm³/mol. The van der Waals surface area contributed by atoms with Gasteiger partial charge in [-0.05, 0) is 24.3 Å². The van der Waals surface area contributed by atoms with E-state index >= 15 is 0 Å². The quantitative estimate of drug-likeness (QED) is 0.459. The van der Waals surface area contributed by atoms with Crippen molar-refractivity contribution in [2.24, 2.45) is 0 Å². The van der Waals surface area contributed by atoms with Gasteiger partial charge in [0, 0.05) is 11.1 Å². The summed E-state index contributed by atoms with van der Waals surface area (Å²) in [5, 5.41) is 0. The van der Waals surface area contributed by atoms with Crippen molar-refractivity contribution in [1.29, 1.82) is 0 Å². The number of aldehydes is 2. The molecule has 5 nitrogen and oxygen atoms in total. The molecule has 0 aliphatic heterocycles. The maximum atomic E-state index is 12.7. The molecular formula is C16H10O5S. The van der Waals surface area contributed by atoms with Crippen molar-refractivity contribution in [1.82, 2.24) is 0 Å². The SMILES string of the molecule is O=CC(=O)c1ccccc1S(=O)c1ccccc1C(=O)C=O. The highest BCUT2D eigenvalue weighted by atomic mass is 32.2. The van der Waals surface area contributed by atoms with E-state index in [1.54, 1.807) is 24.3 Å². The Bertz CT molecular complexity index is 729. The highest BCUT2D eigenvalue weighted by Crippen LogP contribution is 2.23. The van der Waals surface area contributed by atoms with E-state index in [1.165, 1.54) is 24.3 Å². The number of carbonyl (C=O) groups is 4. The van der Waals surface area contributed by atoms with Gasteiger partial charge in [-0.15, -0.1) is 0 Å². The Morgan fingerprint density at radius 1 is 0.727 bits per heavy atom. The molecule has 0 aliphatic carbocycles. The van der Waals surface area contributed by atoms with Gasteiger partial charge in [0.05, 0.1) is 20.6 Å². The van der Waals surface area contributed by atoms with Crippen molar-refractivity contribution < 1.29 is 23.4 Å². The van der Waals surface area contributed by atoms with Gasteiger partial charge in [-0.2, -0.15) is 0 Å². The molecule has 0 atom stereocenters. The van der Waals surface area contributed by atoms with E-state index in [4.69, 9.17) is 0 Å². The minimum absolute atomic E-state index is 0.00388. The van der Waals surface area contributed by atoms with E-state index in [0.717, 1.165) is 0 Å². The van der Waals surface area contributed by atoms with E-state index in [0.29, 0.717) is 0 Å². The fourth-order valence-corrected chi connectivity index (χ4v) is 3.29. The highest BCUT2D eigenvalue weighted by Gasteiger charge is 2.20. The van der Waals surface area contributed by atoms with Crippen LogP contribution in [0.2, 0.25) is 0 Å². The average Bonchev–Trinajstić information content (AvgIpc) is 2.59. The lowest BCUT2D eigenvalue weighted by molar-refractivity contribution is -0.105. The summed E-state index contributed by atoms with van der Waals surface area (Å²) in [5.74, 6) is -1.61. The molecule has 0 amide bonds. The van der Waals surface area contributed by atoms with Crippen LogP contribution in [-0.4, -0.2) is 28.3 Å². The van der Waals surface area contributed by atoms with E-state index in [1.807, 2.05) is 0 Å². The summed E-state index contributed by atoms with van der Waals surface area (Å²) in [7, 11) is -1.87. The summed E-state index contributed by atoms with van der Waals surface area (Å²) in [6.45, 7) is 0. The molecule has 0 aromatic heterocycles. The van der Waals surface area contributed by atoms with Gasteiger partial charge in [0.15, 0.2) is 12.6 Å². The van der Waals surface area contributed by atoms with Crippen molar-refractivity contribution in [2.45, 2.75) is 9.79 Å². The number of hydrogen-bond acceptors (Lipinski definition) is 5. The van der Waals surface area contributed by atoms with E-state index in [2.05, 4.69) is 0 Å². The third-order valence-corrected chi connectivity index (χ3v) is 4.43. The molecule has 0 aliphatic rings. The molecule has 0 unspecified atom stereocenters. The lowest BCUT2D eigenvalue weighted by atomic mass is 10.1. The molecule has 0 N–H and O–H groups in total. The van der Waals surface area contributed by atoms with Crippen LogP contribution in [0.5, 0.6) is 0 Å². The molecule has 0 saturated carbocycles. The Kier molecular flexibility index (Phi) is 4.85. The van der Waals surface area contributed by atoms with Crippen LogP contribution in [0.4, 0.5) is 0 Å². The summed E-state index contributed by atoms with van der Waals surface area (Å²) in [4.78, 5) is 44.8. The molecule has 22 heavy (non-hydrogen) atoms. The summed E-state index contributed by atoms with van der Waals surface area (Å²) < 4.78 is 12.7. The fraction of sp³-hybridized carbons (Fsp3) is 0. The predicted octanol–water partition coefficient (Wildman–Crippen LogP) is 1.62. The van der Waals surface area contributed by atoms with Crippen LogP contribution in [0.3, 0.4) is 0 Å². The number of Topliss-reactive ketones (excluding diaryl/α,β-unsaturated/α-hetero) is 2. The summed E-state index contributed by atoms with van der Waals surface area (Å²) in [6, 6.07) is 11.9. The van der Waals surface area contributed by atoms with Crippen LogP contribution in [0, 0.1) is 0 Å². The second-order valence-corrected chi connectivity index (χ2v) is 5.64. The second kappa shape index (κ2) is 6.82. The topological polar surface area (TPSA) is 85.3 Å². The van der Waals surface area contributed by atoms with Crippen LogP contribution in [0.1, 0.15) is 20.7 Å². The Balaban J connectivity index is 2.59. The van der Waals surface area contributed by atoms with Crippen LogP contribution in [0.25, 0.3) is 0 Å². The molecule has 110 valence electrons. The first kappa shape index (κ1) is 15.7. The first-order valence-electron chi connectivity index (χ1n) is 6.19. The number of carbonyl (C=O) groups excluding carboxylic acids is 4. The molecule has 6 heteroatoms. The third-order valence-electron chi connectivity index (χ3n) is 2.92. The first-order chi connectivity index (χ1) is 10.6. The molecule has 2 rings (SSSR count). The Hall–Kier alpha value is -2.73. The minimum Gasteiger partial charge on any atom is -0.294 e. The lowest BCUT2D eigenvalue weighted by Crippen LogP contribution is -2.10. The molecule has 2 aromatic rings. The molecule has 0 bridgehead atoms. The average molecular weight is 314 g/mol. The number of benzene rings is 2. The van der Waals surface area contributed by atoms with E-state index in [-0.39, 0.29) is 33.5 Å². The van der Waals surface area contributed by atoms with Gasteiger partial charge < -0.3 is 0 Å². The van der Waals surface area contributed by atoms with Crippen molar-refractivity contribution in [3.05, 3.63) is 59.7 Å². The van der Waals surface area contributed by atoms with Gasteiger partial charge in [-0.3, -0.25) is 19.2 Å². The van der Waals surface area contributed by atoms with Gasteiger partial charge in [0.25, 0.3) is 0 Å². The third kappa shape index (κ3) is 2.96. The van der Waals surface area contributed by atoms with Gasteiger partial charge in [0.1, 0.15) is 0 Å². The van der Waals surface area contributed by atoms with Crippen LogP contribution in [-0.2, 0) is 20.4 Å². The van der Waals surface area contributed by atoms with Crippen molar-refractivity contribution in [2.75, 3.05) is 0 Å². The zero-order chi connectivity index (χ0) is 16.1. The van der Waals surface area contributed by atoms with Crippen molar-refractivity contribution in [3.63, 3.8) is 0 Å². The smallest absolute Gasteiger partial charge is 0.226 e. The molecule has 0 saturated heterocycles. The van der Waals surface area contributed by atoms with Crippen LogP contribution < -0.4 is 0 Å². The number of ketones is 2. The summed E-state index contributed by atoms with van der Waals surface area (Å²) >= 11 is 0. The lowest BCUT2D eigenvalue weighted by Gasteiger charge is -2.09. The Labute approximate surface area is 128 Å². The van der Waals surface area contributed by atoms with Crippen molar-refractivity contribution >= 4 is 34.9 Å². The fourth-order valence-electron chi connectivity index (χ4n) is 1.91. The standard InChI is InChI=1S/C16H10O5S/c17-9-13(19)11-5-1-3-7-15(11)22(21)16-8-4-2-6-12(16)14(20)10-18/h1-10H. The number of hydrogen-bond donors (Lipinski definition) is 0. The molecule has 2 aromatic carbocycles. The van der Waals surface area contributed by atoms with Gasteiger partial charge in [0.2, 0.25) is 11.6 Å². The molecule has 0 fully saturated rings. The van der Waals surface area contributed by atoms with Gasteiger partial charge in [-0.1, -0.05) is 24.3 Å². The maximum Gasteiger partial charge on any atom is 0.226 e. The van der Waals surface area contributed by atoms with Gasteiger partial charge in [-0.25, -0.2) is 4.21 Å². The molecule has 0 spiro atoms. The number of rotatable bonds is 6. The Morgan fingerprint density at radius 2 is 1.09 bits per heavy atom. The minimum atomic E-state index is -1.87. The maximum absolute atomic E-state index is 12.7. The summed E-state index contributed by atoms with van der Waals surface area (Å²) in [6.07, 6.45) is 0.275. The van der Waals surface area contributed by atoms with E-state index in [9.17, 15) is 23.4 Å². The molecular weight excluding hydrogens is 304 g/mol. The Morgan fingerprint density at radius 3 is 1.45 bits per heavy atom. The zero-order valence-electron chi connectivity index (χ0n) is 11.2. The van der Waals surface area contributed by atoms with Crippen LogP contribution in [0.15, 0.2) is 58.3 Å². The monoisotopic (exact) mass is 314 g/mol. The first-order valence-corrected chi connectivity index (χ1v) is 7.34. The van der Waals surface area contributed by atoms with Crippen molar-refractivity contribution in [3.8, 4) is 0 Å². The molecule has 0 heterocycles. The second-order valence-electron chi connectivity index (χ2n) is 4.23. The normalized spacial score (nSPS) is 10.2. The summed E-state index contributed by atoms with van der Waals surface area (Å²) in [5.41, 5.74) is 0.00776. The highest BCUT2D eigenvalue weighted by molar-refractivity contribution is 7.85. The zero-order valence-corrected chi connectivity index (χ0v) is 12.0. The van der Waals surface area contributed by atoms with Gasteiger partial charge >= 0.3 is 0 Å².